The molecule has 32 heavy (non-hydrogen) atoms. The highest BCUT2D eigenvalue weighted by Crippen LogP contribution is 2.33. The van der Waals surface area contributed by atoms with Crippen LogP contribution >= 0.6 is 0 Å². The normalized spacial score (nSPS) is 19.7. The molecule has 1 aliphatic heterocycles. The van der Waals surface area contributed by atoms with Gasteiger partial charge in [-0.2, -0.15) is 13.2 Å². The highest BCUT2D eigenvalue weighted by Gasteiger charge is 2.44. The van der Waals surface area contributed by atoms with E-state index in [9.17, 15) is 27.9 Å². The summed E-state index contributed by atoms with van der Waals surface area (Å²) in [5.74, 6) is -1.37. The van der Waals surface area contributed by atoms with Crippen molar-refractivity contribution in [3.05, 3.63) is 70.8 Å². The SMILES string of the molecule is CN(C)c1ccc(C(=O)OCC2(CO)C/C(=C/c3ccc(C(F)(F)F)cc3)C(=O)O2)cc1. The van der Waals surface area contributed by atoms with Gasteiger partial charge in [0.15, 0.2) is 5.60 Å². The number of esters is 2. The first-order chi connectivity index (χ1) is 15.0. The summed E-state index contributed by atoms with van der Waals surface area (Å²) in [5.41, 5.74) is -0.524. The van der Waals surface area contributed by atoms with E-state index in [-0.39, 0.29) is 18.6 Å². The van der Waals surface area contributed by atoms with Crippen LogP contribution in [0.15, 0.2) is 54.1 Å². The van der Waals surface area contributed by atoms with E-state index < -0.39 is 35.9 Å². The Morgan fingerprint density at radius 3 is 2.31 bits per heavy atom. The van der Waals surface area contributed by atoms with Gasteiger partial charge in [0.2, 0.25) is 0 Å². The molecule has 2 aromatic carbocycles. The molecule has 6 nitrogen and oxygen atoms in total. The average Bonchev–Trinajstić information content (AvgIpc) is 3.07. The average molecular weight is 449 g/mol. The van der Waals surface area contributed by atoms with Crippen molar-refractivity contribution in [2.45, 2.75) is 18.2 Å². The maximum Gasteiger partial charge on any atom is 0.416 e. The number of hydrogen-bond donors (Lipinski definition) is 1. The molecule has 170 valence electrons. The zero-order valence-corrected chi connectivity index (χ0v) is 17.5. The number of cyclic esters (lactones) is 1. The molecule has 0 radical (unpaired) electrons. The van der Waals surface area contributed by atoms with Gasteiger partial charge in [0, 0.05) is 31.8 Å². The molecule has 1 heterocycles. The maximum absolute atomic E-state index is 12.7. The third kappa shape index (κ3) is 5.28. The largest absolute Gasteiger partial charge is 0.458 e. The van der Waals surface area contributed by atoms with E-state index in [2.05, 4.69) is 0 Å². The Bertz CT molecular complexity index is 1010. The standard InChI is InChI=1S/C23H22F3NO5/c1-27(2)19-9-5-16(6-10-19)20(29)31-14-22(13-28)12-17(21(30)32-22)11-15-3-7-18(8-4-15)23(24,25)26/h3-11,28H,12-14H2,1-2H3/b17-11-. The van der Waals surface area contributed by atoms with Crippen LogP contribution in [0.25, 0.3) is 6.08 Å². The smallest absolute Gasteiger partial charge is 0.416 e. The molecule has 0 aliphatic carbocycles. The Morgan fingerprint density at radius 2 is 1.78 bits per heavy atom. The summed E-state index contributed by atoms with van der Waals surface area (Å²) in [4.78, 5) is 26.5. The molecule has 1 aliphatic rings. The lowest BCUT2D eigenvalue weighted by molar-refractivity contribution is -0.154. The summed E-state index contributed by atoms with van der Waals surface area (Å²) >= 11 is 0. The van der Waals surface area contributed by atoms with Crippen molar-refractivity contribution in [2.24, 2.45) is 0 Å². The van der Waals surface area contributed by atoms with Crippen LogP contribution in [0.2, 0.25) is 0 Å². The molecule has 0 amide bonds. The fourth-order valence-corrected chi connectivity index (χ4v) is 3.19. The second-order valence-corrected chi connectivity index (χ2v) is 7.71. The van der Waals surface area contributed by atoms with Gasteiger partial charge in [0.25, 0.3) is 0 Å². The molecule has 2 aromatic rings. The second-order valence-electron chi connectivity index (χ2n) is 7.71. The topological polar surface area (TPSA) is 76.1 Å². The minimum absolute atomic E-state index is 0.0593. The van der Waals surface area contributed by atoms with Crippen molar-refractivity contribution < 1.29 is 37.3 Å². The number of carbonyl (C=O) groups is 2. The van der Waals surface area contributed by atoms with Crippen LogP contribution in [0.4, 0.5) is 18.9 Å². The lowest BCUT2D eigenvalue weighted by Gasteiger charge is -2.24. The third-order valence-corrected chi connectivity index (χ3v) is 5.04. The number of hydrogen-bond acceptors (Lipinski definition) is 6. The number of anilines is 1. The Hall–Kier alpha value is -3.33. The lowest BCUT2D eigenvalue weighted by atomic mass is 9.97. The molecule has 1 saturated heterocycles. The molecule has 0 saturated carbocycles. The van der Waals surface area contributed by atoms with Gasteiger partial charge in [0.1, 0.15) is 6.61 Å². The fraction of sp³-hybridized carbons (Fsp3) is 0.304. The molecule has 1 N–H and O–H groups in total. The van der Waals surface area contributed by atoms with Crippen molar-refractivity contribution in [1.29, 1.82) is 0 Å². The first kappa shape index (κ1) is 23.3. The molecule has 1 unspecified atom stereocenters. The van der Waals surface area contributed by atoms with Gasteiger partial charge in [-0.25, -0.2) is 9.59 Å². The van der Waals surface area contributed by atoms with Crippen molar-refractivity contribution in [1.82, 2.24) is 0 Å². The Labute approximate surface area is 182 Å². The summed E-state index contributed by atoms with van der Waals surface area (Å²) in [6.07, 6.45) is -3.13. The number of aliphatic hydroxyl groups is 1. The summed E-state index contributed by atoms with van der Waals surface area (Å²) in [6.45, 7) is -0.955. The molecule has 1 fully saturated rings. The van der Waals surface area contributed by atoms with Gasteiger partial charge in [0.05, 0.1) is 17.7 Å². The number of ether oxygens (including phenoxy) is 2. The van der Waals surface area contributed by atoms with Crippen molar-refractivity contribution >= 4 is 23.7 Å². The number of aliphatic hydroxyl groups excluding tert-OH is 1. The van der Waals surface area contributed by atoms with Gasteiger partial charge in [-0.15, -0.1) is 0 Å². The van der Waals surface area contributed by atoms with Crippen LogP contribution in [-0.4, -0.2) is 50.0 Å². The zero-order chi connectivity index (χ0) is 23.5. The third-order valence-electron chi connectivity index (χ3n) is 5.04. The predicted octanol–water partition coefficient (Wildman–Crippen LogP) is 3.69. The quantitative estimate of drug-likeness (QED) is 0.536. The van der Waals surface area contributed by atoms with Gasteiger partial charge >= 0.3 is 18.1 Å². The predicted molar refractivity (Wildman–Crippen MR) is 111 cm³/mol. The summed E-state index contributed by atoms with van der Waals surface area (Å²) in [6, 6.07) is 11.0. The molecule has 0 bridgehead atoms. The van der Waals surface area contributed by atoms with Gasteiger partial charge in [-0.3, -0.25) is 0 Å². The van der Waals surface area contributed by atoms with E-state index in [0.29, 0.717) is 11.1 Å². The molecular weight excluding hydrogens is 427 g/mol. The summed E-state index contributed by atoms with van der Waals surface area (Å²) < 4.78 is 48.6. The molecule has 9 heteroatoms. The molecule has 3 rings (SSSR count). The Kier molecular flexibility index (Phi) is 6.59. The minimum Gasteiger partial charge on any atom is -0.458 e. The minimum atomic E-state index is -4.46. The van der Waals surface area contributed by atoms with Crippen LogP contribution in [0, 0.1) is 0 Å². The molecule has 0 spiro atoms. The number of nitrogens with zero attached hydrogens (tertiary/aromatic N) is 1. The first-order valence-electron chi connectivity index (χ1n) is 9.69. The van der Waals surface area contributed by atoms with Crippen molar-refractivity contribution in [3.63, 3.8) is 0 Å². The first-order valence-corrected chi connectivity index (χ1v) is 9.69. The summed E-state index contributed by atoms with van der Waals surface area (Å²) in [7, 11) is 3.73. The van der Waals surface area contributed by atoms with Crippen molar-refractivity contribution in [2.75, 3.05) is 32.2 Å². The monoisotopic (exact) mass is 449 g/mol. The van der Waals surface area contributed by atoms with Gasteiger partial charge in [-0.1, -0.05) is 12.1 Å². The zero-order valence-electron chi connectivity index (χ0n) is 17.5. The number of benzene rings is 2. The van der Waals surface area contributed by atoms with E-state index in [1.54, 1.807) is 24.3 Å². The number of rotatable bonds is 6. The van der Waals surface area contributed by atoms with Crippen molar-refractivity contribution in [3.8, 4) is 0 Å². The number of alkyl halides is 3. The van der Waals surface area contributed by atoms with E-state index in [1.807, 2.05) is 19.0 Å². The maximum atomic E-state index is 12.7. The highest BCUT2D eigenvalue weighted by atomic mass is 19.4. The van der Waals surface area contributed by atoms with Gasteiger partial charge in [-0.05, 0) is 48.0 Å². The molecule has 0 aromatic heterocycles. The molecular formula is C23H22F3NO5. The number of halogens is 3. The van der Waals surface area contributed by atoms with Crippen LogP contribution < -0.4 is 4.90 Å². The van der Waals surface area contributed by atoms with Crippen LogP contribution in [0.1, 0.15) is 27.9 Å². The van der Waals surface area contributed by atoms with Gasteiger partial charge < -0.3 is 19.5 Å². The van der Waals surface area contributed by atoms with Crippen LogP contribution in [0.3, 0.4) is 0 Å². The lowest BCUT2D eigenvalue weighted by Crippen LogP contribution is -2.39. The van der Waals surface area contributed by atoms with Crippen LogP contribution in [0.5, 0.6) is 0 Å². The van der Waals surface area contributed by atoms with E-state index >= 15 is 0 Å². The fourth-order valence-electron chi connectivity index (χ4n) is 3.19. The molecule has 1 atom stereocenters. The Morgan fingerprint density at radius 1 is 1.16 bits per heavy atom. The number of carbonyl (C=O) groups excluding carboxylic acids is 2. The second kappa shape index (κ2) is 9.04. The summed E-state index contributed by atoms with van der Waals surface area (Å²) in [5, 5.41) is 9.80. The highest BCUT2D eigenvalue weighted by molar-refractivity contribution is 5.96. The van der Waals surface area contributed by atoms with E-state index in [0.717, 1.165) is 17.8 Å². The van der Waals surface area contributed by atoms with E-state index in [4.69, 9.17) is 9.47 Å². The van der Waals surface area contributed by atoms with E-state index in [1.165, 1.54) is 18.2 Å². The Balaban J connectivity index is 1.68. The van der Waals surface area contributed by atoms with Crippen LogP contribution in [-0.2, 0) is 20.4 Å².